The maximum Gasteiger partial charge on any atom is 0.173 e. The summed E-state index contributed by atoms with van der Waals surface area (Å²) in [7, 11) is 0. The first-order valence-electron chi connectivity index (χ1n) is 6.01. The quantitative estimate of drug-likeness (QED) is 0.506. The lowest BCUT2D eigenvalue weighted by Crippen LogP contribution is -1.89. The van der Waals surface area contributed by atoms with Crippen molar-refractivity contribution in [1.82, 2.24) is 4.98 Å². The molecule has 2 N–H and O–H groups in total. The first kappa shape index (κ1) is 14.2. The van der Waals surface area contributed by atoms with E-state index in [1.807, 2.05) is 23.6 Å². The van der Waals surface area contributed by atoms with Crippen molar-refractivity contribution in [3.8, 4) is 21.8 Å². The Kier molecular flexibility index (Phi) is 3.73. The summed E-state index contributed by atoms with van der Waals surface area (Å²) in [6, 6.07) is 9.95. The highest BCUT2D eigenvalue weighted by Gasteiger charge is 2.15. The number of nitrogens with zero attached hydrogens (tertiary/aromatic N) is 1. The molecule has 1 aromatic heterocycles. The second-order valence-electron chi connectivity index (χ2n) is 4.39. The monoisotopic (exact) mass is 366 g/mol. The van der Waals surface area contributed by atoms with Crippen LogP contribution in [0.15, 0.2) is 46.3 Å². The predicted molar refractivity (Wildman–Crippen MR) is 85.0 cm³/mol. The highest BCUT2D eigenvalue weighted by Crippen LogP contribution is 2.35. The highest BCUT2D eigenvalue weighted by molar-refractivity contribution is 9.10. The van der Waals surface area contributed by atoms with Crippen LogP contribution in [0, 0.1) is 11.6 Å². The maximum absolute atomic E-state index is 13.6. The fraction of sp³-hybridized carbons (Fsp3) is 0. The van der Waals surface area contributed by atoms with Gasteiger partial charge in [0.05, 0.1) is 10.2 Å². The largest absolute Gasteiger partial charge is 0.399 e. The minimum atomic E-state index is -0.909. The number of nitrogens with two attached hydrogens (primary N) is 1. The molecule has 6 heteroatoms. The fourth-order valence-corrected chi connectivity index (χ4v) is 3.42. The summed E-state index contributed by atoms with van der Waals surface area (Å²) in [4.78, 5) is 4.47. The van der Waals surface area contributed by atoms with Gasteiger partial charge >= 0.3 is 0 Å². The van der Waals surface area contributed by atoms with Gasteiger partial charge in [0.15, 0.2) is 11.6 Å². The number of hydrogen-bond donors (Lipinski definition) is 1. The number of rotatable bonds is 2. The first-order valence-corrected chi connectivity index (χ1v) is 7.69. The molecular weight excluding hydrogens is 358 g/mol. The Morgan fingerprint density at radius 2 is 1.95 bits per heavy atom. The Morgan fingerprint density at radius 1 is 1.14 bits per heavy atom. The van der Waals surface area contributed by atoms with E-state index in [1.165, 1.54) is 17.4 Å². The van der Waals surface area contributed by atoms with Gasteiger partial charge in [-0.3, -0.25) is 0 Å². The predicted octanol–water partition coefficient (Wildman–Crippen LogP) is 5.10. The summed E-state index contributed by atoms with van der Waals surface area (Å²) in [5.74, 6) is -1.80. The van der Waals surface area contributed by atoms with Gasteiger partial charge in [-0.2, -0.15) is 0 Å². The summed E-state index contributed by atoms with van der Waals surface area (Å²) in [5.41, 5.74) is 8.56. The van der Waals surface area contributed by atoms with Gasteiger partial charge in [0.25, 0.3) is 0 Å². The fourth-order valence-electron chi connectivity index (χ4n) is 1.92. The zero-order chi connectivity index (χ0) is 15.0. The van der Waals surface area contributed by atoms with Crippen LogP contribution >= 0.6 is 27.3 Å². The molecule has 0 aliphatic carbocycles. The van der Waals surface area contributed by atoms with Crippen LogP contribution < -0.4 is 5.73 Å². The van der Waals surface area contributed by atoms with E-state index in [-0.39, 0.29) is 4.47 Å². The average Bonchev–Trinajstić information content (AvgIpc) is 2.94. The highest BCUT2D eigenvalue weighted by atomic mass is 79.9. The van der Waals surface area contributed by atoms with Crippen LogP contribution in [0.5, 0.6) is 0 Å². The molecule has 0 amide bonds. The molecule has 21 heavy (non-hydrogen) atoms. The number of anilines is 1. The molecule has 2 nitrogen and oxygen atoms in total. The molecule has 0 radical (unpaired) electrons. The van der Waals surface area contributed by atoms with Crippen LogP contribution in [0.3, 0.4) is 0 Å². The molecular formula is C15H9BrF2N2S. The number of benzene rings is 2. The maximum atomic E-state index is 13.6. The van der Waals surface area contributed by atoms with E-state index in [0.717, 1.165) is 17.3 Å². The second kappa shape index (κ2) is 5.54. The van der Waals surface area contributed by atoms with E-state index in [1.54, 1.807) is 6.07 Å². The van der Waals surface area contributed by atoms with E-state index in [0.29, 0.717) is 16.3 Å². The molecule has 0 unspecified atom stereocenters. The van der Waals surface area contributed by atoms with E-state index < -0.39 is 11.6 Å². The van der Waals surface area contributed by atoms with Gasteiger partial charge in [0.1, 0.15) is 5.01 Å². The third kappa shape index (κ3) is 2.69. The van der Waals surface area contributed by atoms with E-state index in [4.69, 9.17) is 5.73 Å². The van der Waals surface area contributed by atoms with Gasteiger partial charge in [-0.1, -0.05) is 12.1 Å². The summed E-state index contributed by atoms with van der Waals surface area (Å²) >= 11 is 4.44. The van der Waals surface area contributed by atoms with E-state index in [2.05, 4.69) is 20.9 Å². The molecule has 0 aliphatic rings. The van der Waals surface area contributed by atoms with Crippen molar-refractivity contribution in [2.24, 2.45) is 0 Å². The van der Waals surface area contributed by atoms with E-state index >= 15 is 0 Å². The number of aromatic nitrogens is 1. The summed E-state index contributed by atoms with van der Waals surface area (Å²) in [5, 5.41) is 2.47. The van der Waals surface area contributed by atoms with Crippen molar-refractivity contribution in [2.75, 3.05) is 5.73 Å². The molecule has 0 saturated carbocycles. The second-order valence-corrected chi connectivity index (χ2v) is 6.04. The lowest BCUT2D eigenvalue weighted by molar-refractivity contribution is 0.505. The lowest BCUT2D eigenvalue weighted by atomic mass is 10.1. The standard InChI is InChI=1S/C15H9BrF2N2S/c16-13-10(4-5-11(17)14(13)18)15-20-12(7-21-15)8-2-1-3-9(19)6-8/h1-7H,19H2. The number of nitrogen functional groups attached to an aromatic ring is 1. The smallest absolute Gasteiger partial charge is 0.173 e. The van der Waals surface area contributed by atoms with Gasteiger partial charge in [-0.05, 0) is 40.2 Å². The van der Waals surface area contributed by atoms with Gasteiger partial charge in [0, 0.05) is 22.2 Å². The minimum Gasteiger partial charge on any atom is -0.399 e. The van der Waals surface area contributed by atoms with Crippen LogP contribution in [0.25, 0.3) is 21.8 Å². The average molecular weight is 367 g/mol. The number of thiazole rings is 1. The van der Waals surface area contributed by atoms with Crippen molar-refractivity contribution in [1.29, 1.82) is 0 Å². The Morgan fingerprint density at radius 3 is 2.71 bits per heavy atom. The van der Waals surface area contributed by atoms with Gasteiger partial charge in [-0.25, -0.2) is 13.8 Å². The van der Waals surface area contributed by atoms with E-state index in [9.17, 15) is 8.78 Å². The van der Waals surface area contributed by atoms with Crippen molar-refractivity contribution in [3.05, 3.63) is 57.9 Å². The first-order chi connectivity index (χ1) is 10.1. The van der Waals surface area contributed by atoms with Gasteiger partial charge < -0.3 is 5.73 Å². The molecule has 3 aromatic rings. The summed E-state index contributed by atoms with van der Waals surface area (Å²) < 4.78 is 26.8. The zero-order valence-corrected chi connectivity index (χ0v) is 13.0. The molecule has 106 valence electrons. The molecule has 3 rings (SSSR count). The molecule has 2 aromatic carbocycles. The number of halogens is 3. The Balaban J connectivity index is 2.05. The normalized spacial score (nSPS) is 10.8. The minimum absolute atomic E-state index is 0.0796. The number of hydrogen-bond acceptors (Lipinski definition) is 3. The Hall–Kier alpha value is -1.79. The molecule has 0 atom stereocenters. The molecule has 0 fully saturated rings. The summed E-state index contributed by atoms with van der Waals surface area (Å²) in [6.07, 6.45) is 0. The zero-order valence-electron chi connectivity index (χ0n) is 10.6. The van der Waals surface area contributed by atoms with Crippen LogP contribution in [-0.2, 0) is 0 Å². The third-order valence-electron chi connectivity index (χ3n) is 2.95. The molecule has 1 heterocycles. The topological polar surface area (TPSA) is 38.9 Å². The van der Waals surface area contributed by atoms with Crippen LogP contribution in [0.2, 0.25) is 0 Å². The molecule has 0 bridgehead atoms. The van der Waals surface area contributed by atoms with Crippen LogP contribution in [-0.4, -0.2) is 4.98 Å². The Bertz CT molecular complexity index is 817. The van der Waals surface area contributed by atoms with Crippen LogP contribution in [0.4, 0.5) is 14.5 Å². The molecule has 0 aliphatic heterocycles. The van der Waals surface area contributed by atoms with Crippen molar-refractivity contribution in [2.45, 2.75) is 0 Å². The summed E-state index contributed by atoms with van der Waals surface area (Å²) in [6.45, 7) is 0. The van der Waals surface area contributed by atoms with Gasteiger partial charge in [0.2, 0.25) is 0 Å². The van der Waals surface area contributed by atoms with Crippen molar-refractivity contribution in [3.63, 3.8) is 0 Å². The van der Waals surface area contributed by atoms with Crippen LogP contribution in [0.1, 0.15) is 0 Å². The van der Waals surface area contributed by atoms with Crippen molar-refractivity contribution >= 4 is 33.0 Å². The SMILES string of the molecule is Nc1cccc(-c2csc(-c3ccc(F)c(F)c3Br)n2)c1. The molecule has 0 saturated heterocycles. The lowest BCUT2D eigenvalue weighted by Gasteiger charge is -2.03. The Labute approximate surface area is 132 Å². The third-order valence-corrected chi connectivity index (χ3v) is 4.60. The molecule has 0 spiro atoms. The van der Waals surface area contributed by atoms with Crippen molar-refractivity contribution < 1.29 is 8.78 Å². The van der Waals surface area contributed by atoms with Gasteiger partial charge in [-0.15, -0.1) is 11.3 Å².